The van der Waals surface area contributed by atoms with Gasteiger partial charge in [0.2, 0.25) is 9.84 Å². The molecule has 0 fully saturated rings. The molecule has 1 aliphatic heterocycles. The van der Waals surface area contributed by atoms with Gasteiger partial charge in [0.15, 0.2) is 9.41 Å². The number of halogens is 1. The van der Waals surface area contributed by atoms with Crippen LogP contribution >= 0.6 is 11.6 Å². The molecule has 16 heavy (non-hydrogen) atoms. The summed E-state index contributed by atoms with van der Waals surface area (Å²) in [6, 6.07) is 6.58. The summed E-state index contributed by atoms with van der Waals surface area (Å²) in [5, 5.41) is -0.0276. The van der Waals surface area contributed by atoms with Crippen molar-refractivity contribution in [1.29, 1.82) is 0 Å². The van der Waals surface area contributed by atoms with Gasteiger partial charge in [-0.25, -0.2) is 13.4 Å². The molecule has 6 heteroatoms. The average Bonchev–Trinajstić information content (AvgIpc) is 2.54. The molecule has 1 aliphatic rings. The first-order chi connectivity index (χ1) is 7.55. The summed E-state index contributed by atoms with van der Waals surface area (Å²) in [6.45, 7) is 0. The molecule has 2 rings (SSSR count). The highest BCUT2D eigenvalue weighted by Crippen LogP contribution is 2.25. The lowest BCUT2D eigenvalue weighted by molar-refractivity contribution is 0.415. The molecule has 0 radical (unpaired) electrons. The summed E-state index contributed by atoms with van der Waals surface area (Å²) >= 11 is 5.54. The van der Waals surface area contributed by atoms with E-state index in [0.29, 0.717) is 11.3 Å². The SMILES string of the molecule is COc1ccc(C2=NC=C(Cl)S2(=O)=O)cc1. The standard InChI is InChI=1S/C10H8ClNO3S/c1-15-8-4-2-7(3-5-8)10-12-6-9(11)16(10,13)14/h2-6H,1H3. The van der Waals surface area contributed by atoms with Gasteiger partial charge in [-0.15, -0.1) is 0 Å². The number of sulfone groups is 1. The van der Waals surface area contributed by atoms with Crippen molar-refractivity contribution in [1.82, 2.24) is 0 Å². The molecule has 0 atom stereocenters. The van der Waals surface area contributed by atoms with Crippen LogP contribution in [0, 0.1) is 0 Å². The van der Waals surface area contributed by atoms with Crippen molar-refractivity contribution in [2.24, 2.45) is 4.99 Å². The van der Waals surface area contributed by atoms with Crippen molar-refractivity contribution in [3.63, 3.8) is 0 Å². The molecule has 0 saturated carbocycles. The Morgan fingerprint density at radius 2 is 1.88 bits per heavy atom. The quantitative estimate of drug-likeness (QED) is 0.813. The fourth-order valence-electron chi connectivity index (χ4n) is 1.30. The van der Waals surface area contributed by atoms with E-state index in [2.05, 4.69) is 4.99 Å². The van der Waals surface area contributed by atoms with E-state index in [4.69, 9.17) is 16.3 Å². The minimum atomic E-state index is -3.60. The second-order valence-corrected chi connectivity index (χ2v) is 5.56. The summed E-state index contributed by atoms with van der Waals surface area (Å²) < 4.78 is 28.1. The van der Waals surface area contributed by atoms with E-state index < -0.39 is 9.84 Å². The van der Waals surface area contributed by atoms with Gasteiger partial charge in [-0.1, -0.05) is 11.6 Å². The van der Waals surface area contributed by atoms with Gasteiger partial charge in [-0.2, -0.15) is 0 Å². The molecular weight excluding hydrogens is 250 g/mol. The lowest BCUT2D eigenvalue weighted by atomic mass is 10.2. The van der Waals surface area contributed by atoms with Gasteiger partial charge in [0.1, 0.15) is 5.75 Å². The Balaban J connectivity index is 2.41. The molecule has 1 aromatic rings. The van der Waals surface area contributed by atoms with Crippen LogP contribution in [0.3, 0.4) is 0 Å². The Morgan fingerprint density at radius 3 is 2.31 bits per heavy atom. The van der Waals surface area contributed by atoms with Crippen LogP contribution < -0.4 is 4.74 Å². The minimum Gasteiger partial charge on any atom is -0.497 e. The number of rotatable bonds is 2. The van der Waals surface area contributed by atoms with E-state index in [9.17, 15) is 8.42 Å². The molecule has 0 N–H and O–H groups in total. The average molecular weight is 258 g/mol. The van der Waals surface area contributed by atoms with Gasteiger partial charge in [0, 0.05) is 5.56 Å². The molecule has 0 unspecified atom stereocenters. The molecule has 1 heterocycles. The van der Waals surface area contributed by atoms with Crippen LogP contribution in [0.15, 0.2) is 39.8 Å². The van der Waals surface area contributed by atoms with Gasteiger partial charge >= 0.3 is 0 Å². The minimum absolute atomic E-state index is 0.0276. The lowest BCUT2D eigenvalue weighted by Gasteiger charge is -2.03. The summed E-state index contributed by atoms with van der Waals surface area (Å²) in [6.07, 6.45) is 1.14. The first kappa shape index (κ1) is 11.2. The van der Waals surface area contributed by atoms with E-state index in [0.717, 1.165) is 6.20 Å². The molecule has 1 aromatic carbocycles. The fraction of sp³-hybridized carbons (Fsp3) is 0.100. The van der Waals surface area contributed by atoms with Crippen molar-refractivity contribution >= 4 is 26.5 Å². The largest absolute Gasteiger partial charge is 0.497 e. The molecule has 0 bridgehead atoms. The monoisotopic (exact) mass is 257 g/mol. The van der Waals surface area contributed by atoms with Gasteiger partial charge in [0.05, 0.1) is 13.3 Å². The molecule has 0 saturated heterocycles. The van der Waals surface area contributed by atoms with Crippen LogP contribution in [0.25, 0.3) is 0 Å². The summed E-state index contributed by atoms with van der Waals surface area (Å²) in [7, 11) is -2.06. The third kappa shape index (κ3) is 1.72. The van der Waals surface area contributed by atoms with Crippen LogP contribution in [-0.4, -0.2) is 20.6 Å². The Morgan fingerprint density at radius 1 is 1.25 bits per heavy atom. The topological polar surface area (TPSA) is 55.7 Å². The highest BCUT2D eigenvalue weighted by molar-refractivity contribution is 8.11. The predicted molar refractivity (Wildman–Crippen MR) is 62.4 cm³/mol. The second kappa shape index (κ2) is 3.92. The number of ether oxygens (including phenoxy) is 1. The smallest absolute Gasteiger partial charge is 0.236 e. The first-order valence-corrected chi connectivity index (χ1v) is 6.25. The van der Waals surface area contributed by atoms with Crippen molar-refractivity contribution in [2.75, 3.05) is 7.11 Å². The zero-order chi connectivity index (χ0) is 11.8. The first-order valence-electron chi connectivity index (χ1n) is 4.38. The van der Waals surface area contributed by atoms with Gasteiger partial charge in [0.25, 0.3) is 0 Å². The van der Waals surface area contributed by atoms with Crippen molar-refractivity contribution in [3.8, 4) is 5.75 Å². The summed E-state index contributed by atoms with van der Waals surface area (Å²) in [5.74, 6) is 0.652. The molecule has 4 nitrogen and oxygen atoms in total. The Kier molecular flexibility index (Phi) is 2.73. The maximum atomic E-state index is 11.7. The fourth-order valence-corrected chi connectivity index (χ4v) is 2.59. The van der Waals surface area contributed by atoms with Crippen LogP contribution in [0.4, 0.5) is 0 Å². The normalized spacial score (nSPS) is 17.9. The maximum Gasteiger partial charge on any atom is 0.236 e. The number of hydrogen-bond acceptors (Lipinski definition) is 4. The third-order valence-electron chi connectivity index (χ3n) is 2.13. The van der Waals surface area contributed by atoms with Crippen LogP contribution in [0.2, 0.25) is 0 Å². The maximum absolute atomic E-state index is 11.7. The number of nitrogens with zero attached hydrogens (tertiary/aromatic N) is 1. The summed E-state index contributed by atoms with van der Waals surface area (Å²) in [5.41, 5.74) is 0.493. The van der Waals surface area contributed by atoms with Crippen LogP contribution in [0.1, 0.15) is 5.56 Å². The van der Waals surface area contributed by atoms with Gasteiger partial charge in [-0.05, 0) is 24.3 Å². The van der Waals surface area contributed by atoms with Gasteiger partial charge in [-0.3, -0.25) is 0 Å². The van der Waals surface area contributed by atoms with Crippen molar-refractivity contribution in [2.45, 2.75) is 0 Å². The van der Waals surface area contributed by atoms with E-state index in [1.807, 2.05) is 0 Å². The van der Waals surface area contributed by atoms with E-state index >= 15 is 0 Å². The molecule has 0 spiro atoms. The predicted octanol–water partition coefficient (Wildman–Crippen LogP) is 1.91. The van der Waals surface area contributed by atoms with Gasteiger partial charge < -0.3 is 4.74 Å². The second-order valence-electron chi connectivity index (χ2n) is 3.10. The van der Waals surface area contributed by atoms with E-state index in [1.165, 1.54) is 7.11 Å². The Bertz CT molecular complexity index is 573. The Labute approximate surface area is 98.1 Å². The molecular formula is C10H8ClNO3S. The Hall–Kier alpha value is -1.33. The van der Waals surface area contributed by atoms with E-state index in [1.54, 1.807) is 24.3 Å². The number of methoxy groups -OCH3 is 1. The van der Waals surface area contributed by atoms with Crippen molar-refractivity contribution < 1.29 is 13.2 Å². The zero-order valence-electron chi connectivity index (χ0n) is 8.34. The summed E-state index contributed by atoms with van der Waals surface area (Å²) in [4.78, 5) is 3.79. The van der Waals surface area contributed by atoms with E-state index in [-0.39, 0.29) is 9.41 Å². The molecule has 0 amide bonds. The number of benzene rings is 1. The number of hydrogen-bond donors (Lipinski definition) is 0. The number of aliphatic imine (C=N–C) groups is 1. The zero-order valence-corrected chi connectivity index (χ0v) is 9.92. The van der Waals surface area contributed by atoms with Crippen LogP contribution in [-0.2, 0) is 9.84 Å². The highest BCUT2D eigenvalue weighted by Gasteiger charge is 2.29. The molecule has 0 aromatic heterocycles. The third-order valence-corrected chi connectivity index (χ3v) is 4.31. The highest BCUT2D eigenvalue weighted by atomic mass is 35.5. The van der Waals surface area contributed by atoms with Crippen molar-refractivity contribution in [3.05, 3.63) is 40.4 Å². The lowest BCUT2D eigenvalue weighted by Crippen LogP contribution is -2.12. The molecule has 0 aliphatic carbocycles. The van der Waals surface area contributed by atoms with Crippen LogP contribution in [0.5, 0.6) is 5.75 Å². The molecule has 84 valence electrons.